The summed E-state index contributed by atoms with van der Waals surface area (Å²) in [6.45, 7) is -0.575. The highest BCUT2D eigenvalue weighted by atomic mass is 19.4. The zero-order valence-electron chi connectivity index (χ0n) is 7.83. The minimum atomic E-state index is -4.59. The zero-order valence-corrected chi connectivity index (χ0v) is 7.83. The summed E-state index contributed by atoms with van der Waals surface area (Å²) in [5.74, 6) is -1.18. The molecule has 1 amide bonds. The Morgan fingerprint density at radius 3 is 2.50 bits per heavy atom. The summed E-state index contributed by atoms with van der Waals surface area (Å²) in [5.41, 5.74) is 0. The average molecular weight is 238 g/mol. The van der Waals surface area contributed by atoms with Gasteiger partial charge in [-0.25, -0.2) is 4.79 Å². The number of nitrogens with zero attached hydrogens (tertiary/aromatic N) is 4. The lowest BCUT2D eigenvalue weighted by Crippen LogP contribution is -2.37. The lowest BCUT2D eigenvalue weighted by atomic mass is 10.3. The number of aromatic nitrogens is 3. The fourth-order valence-electron chi connectivity index (χ4n) is 1.52. The van der Waals surface area contributed by atoms with Crippen molar-refractivity contribution in [3.8, 4) is 0 Å². The van der Waals surface area contributed by atoms with Gasteiger partial charge in [0.15, 0.2) is 5.82 Å². The molecule has 1 aromatic heterocycles. The largest absolute Gasteiger partial charge is 0.451 e. The first-order valence-electron chi connectivity index (χ1n) is 4.33. The molecule has 0 saturated carbocycles. The molecule has 0 N–H and O–H groups in total. The van der Waals surface area contributed by atoms with Gasteiger partial charge in [-0.05, 0) is 0 Å². The second kappa shape index (κ2) is 3.42. The Labute approximate surface area is 86.7 Å². The average Bonchev–Trinajstić information content (AvgIpc) is 2.58. The molecule has 0 saturated heterocycles. The Balaban J connectivity index is 2.31. The SMILES string of the molecule is O=C(F)N1CCn2c(nnc2C(F)(F)F)C1. The second-order valence-corrected chi connectivity index (χ2v) is 3.26. The molecule has 1 aliphatic rings. The van der Waals surface area contributed by atoms with E-state index in [4.69, 9.17) is 0 Å². The van der Waals surface area contributed by atoms with Crippen LogP contribution in [-0.4, -0.2) is 32.4 Å². The summed E-state index contributed by atoms with van der Waals surface area (Å²) in [5, 5.41) is 6.28. The Kier molecular flexibility index (Phi) is 2.32. The third kappa shape index (κ3) is 1.72. The molecule has 2 heterocycles. The molecular formula is C7H6F4N4O. The summed E-state index contributed by atoms with van der Waals surface area (Å²) in [7, 11) is 0. The zero-order chi connectivity index (χ0) is 11.9. The molecule has 1 aromatic rings. The molecule has 0 aliphatic carbocycles. The van der Waals surface area contributed by atoms with Crippen molar-refractivity contribution in [1.29, 1.82) is 0 Å². The first-order chi connectivity index (χ1) is 7.39. The number of amides is 1. The van der Waals surface area contributed by atoms with E-state index < -0.39 is 18.2 Å². The van der Waals surface area contributed by atoms with Gasteiger partial charge in [-0.1, -0.05) is 0 Å². The summed E-state index contributed by atoms with van der Waals surface area (Å²) in [6, 6.07) is 0. The van der Waals surface area contributed by atoms with E-state index in [9.17, 15) is 22.4 Å². The van der Waals surface area contributed by atoms with Gasteiger partial charge in [-0.3, -0.25) is 0 Å². The summed E-state index contributed by atoms with van der Waals surface area (Å²) < 4.78 is 50.3. The van der Waals surface area contributed by atoms with Gasteiger partial charge in [-0.15, -0.1) is 14.6 Å². The van der Waals surface area contributed by atoms with Crippen LogP contribution in [0.15, 0.2) is 0 Å². The van der Waals surface area contributed by atoms with Crippen LogP contribution in [0.2, 0.25) is 0 Å². The van der Waals surface area contributed by atoms with Crippen LogP contribution in [0.25, 0.3) is 0 Å². The van der Waals surface area contributed by atoms with Crippen LogP contribution in [0.3, 0.4) is 0 Å². The maximum atomic E-state index is 12.4. The van der Waals surface area contributed by atoms with Crippen LogP contribution in [0.4, 0.5) is 22.4 Å². The maximum absolute atomic E-state index is 12.4. The maximum Gasteiger partial charge on any atom is 0.451 e. The third-order valence-electron chi connectivity index (χ3n) is 2.26. The van der Waals surface area contributed by atoms with Crippen molar-refractivity contribution in [2.45, 2.75) is 19.3 Å². The number of alkyl halides is 3. The molecule has 0 fully saturated rings. The standard InChI is InChI=1S/C7H6F4N4O/c8-6(16)14-1-2-15-4(3-14)12-13-5(15)7(9,10)11/h1-3H2. The summed E-state index contributed by atoms with van der Waals surface area (Å²) >= 11 is 0. The highest BCUT2D eigenvalue weighted by Gasteiger charge is 2.39. The number of hydrogen-bond donors (Lipinski definition) is 0. The number of carbonyl (C=O) groups excluding carboxylic acids is 1. The van der Waals surface area contributed by atoms with E-state index in [1.54, 1.807) is 0 Å². The lowest BCUT2D eigenvalue weighted by Gasteiger charge is -2.24. The molecule has 0 atom stereocenters. The Hall–Kier alpha value is -1.67. The Morgan fingerprint density at radius 2 is 1.94 bits per heavy atom. The van der Waals surface area contributed by atoms with Crippen LogP contribution in [0, 0.1) is 0 Å². The van der Waals surface area contributed by atoms with Crippen molar-refractivity contribution < 1.29 is 22.4 Å². The molecule has 1 aliphatic heterocycles. The van der Waals surface area contributed by atoms with Gasteiger partial charge in [0, 0.05) is 13.1 Å². The molecule has 0 spiro atoms. The van der Waals surface area contributed by atoms with Crippen LogP contribution in [-0.2, 0) is 19.3 Å². The fourth-order valence-corrected chi connectivity index (χ4v) is 1.52. The van der Waals surface area contributed by atoms with Gasteiger partial charge in [-0.2, -0.15) is 13.2 Å². The molecular weight excluding hydrogens is 232 g/mol. The Bertz CT molecular complexity index is 427. The predicted molar refractivity (Wildman–Crippen MR) is 41.9 cm³/mol. The van der Waals surface area contributed by atoms with Crippen LogP contribution < -0.4 is 0 Å². The molecule has 0 radical (unpaired) electrons. The predicted octanol–water partition coefficient (Wildman–Crippen LogP) is 1.20. The van der Waals surface area contributed by atoms with E-state index in [0.29, 0.717) is 0 Å². The minimum absolute atomic E-state index is 0.0652. The highest BCUT2D eigenvalue weighted by molar-refractivity contribution is 5.66. The number of rotatable bonds is 0. The van der Waals surface area contributed by atoms with Crippen molar-refractivity contribution in [2.24, 2.45) is 0 Å². The summed E-state index contributed by atoms with van der Waals surface area (Å²) in [6.07, 6.45) is -6.27. The third-order valence-corrected chi connectivity index (χ3v) is 2.26. The van der Waals surface area contributed by atoms with Gasteiger partial charge >= 0.3 is 12.3 Å². The number of halogens is 4. The number of carbonyl (C=O) groups is 1. The van der Waals surface area contributed by atoms with Gasteiger partial charge in [0.25, 0.3) is 0 Å². The molecule has 16 heavy (non-hydrogen) atoms. The van der Waals surface area contributed by atoms with Crippen LogP contribution >= 0.6 is 0 Å². The van der Waals surface area contributed by atoms with Crippen molar-refractivity contribution >= 4 is 6.16 Å². The minimum Gasteiger partial charge on any atom is -0.305 e. The van der Waals surface area contributed by atoms with Gasteiger partial charge in [0.1, 0.15) is 0 Å². The van der Waals surface area contributed by atoms with E-state index >= 15 is 0 Å². The fraction of sp³-hybridized carbons (Fsp3) is 0.571. The molecule has 0 unspecified atom stereocenters. The van der Waals surface area contributed by atoms with Crippen molar-refractivity contribution in [3.63, 3.8) is 0 Å². The quantitative estimate of drug-likeness (QED) is 0.387. The lowest BCUT2D eigenvalue weighted by molar-refractivity contribution is -0.147. The van der Waals surface area contributed by atoms with Crippen molar-refractivity contribution in [3.05, 3.63) is 11.6 Å². The highest BCUT2D eigenvalue weighted by Crippen LogP contribution is 2.29. The summed E-state index contributed by atoms with van der Waals surface area (Å²) in [4.78, 5) is 11.2. The number of fused-ring (bicyclic) bond motifs is 1. The van der Waals surface area contributed by atoms with Gasteiger partial charge in [0.2, 0.25) is 5.82 Å². The molecule has 0 aromatic carbocycles. The first kappa shape index (κ1) is 10.8. The van der Waals surface area contributed by atoms with Crippen LogP contribution in [0.1, 0.15) is 11.6 Å². The molecule has 9 heteroatoms. The molecule has 88 valence electrons. The monoisotopic (exact) mass is 238 g/mol. The topological polar surface area (TPSA) is 51.0 Å². The molecule has 2 rings (SSSR count). The van der Waals surface area contributed by atoms with Crippen molar-refractivity contribution in [1.82, 2.24) is 19.7 Å². The second-order valence-electron chi connectivity index (χ2n) is 3.26. The Morgan fingerprint density at radius 1 is 1.25 bits per heavy atom. The van der Waals surface area contributed by atoms with Crippen LogP contribution in [0.5, 0.6) is 0 Å². The first-order valence-corrected chi connectivity index (χ1v) is 4.33. The van der Waals surface area contributed by atoms with Gasteiger partial charge < -0.3 is 9.47 Å². The van der Waals surface area contributed by atoms with E-state index in [-0.39, 0.29) is 25.5 Å². The van der Waals surface area contributed by atoms with E-state index in [1.165, 1.54) is 0 Å². The number of hydrogen-bond acceptors (Lipinski definition) is 3. The normalized spacial score (nSPS) is 16.1. The van der Waals surface area contributed by atoms with Gasteiger partial charge in [0.05, 0.1) is 6.54 Å². The van der Waals surface area contributed by atoms with E-state index in [0.717, 1.165) is 9.47 Å². The molecule has 5 nitrogen and oxygen atoms in total. The van der Waals surface area contributed by atoms with Crippen molar-refractivity contribution in [2.75, 3.05) is 6.54 Å². The van der Waals surface area contributed by atoms with E-state index in [2.05, 4.69) is 10.2 Å². The van der Waals surface area contributed by atoms with E-state index in [1.807, 2.05) is 0 Å². The smallest absolute Gasteiger partial charge is 0.305 e. The molecule has 0 bridgehead atoms.